The molecule has 0 radical (unpaired) electrons. The first-order valence-electron chi connectivity index (χ1n) is 6.19. The first-order chi connectivity index (χ1) is 9.60. The molecule has 20 heavy (non-hydrogen) atoms. The van der Waals surface area contributed by atoms with E-state index in [1.165, 1.54) is 24.3 Å². The van der Waals surface area contributed by atoms with Crippen LogP contribution in [0.3, 0.4) is 0 Å². The lowest BCUT2D eigenvalue weighted by Crippen LogP contribution is -2.13. The quantitative estimate of drug-likeness (QED) is 0.842. The molecule has 0 unspecified atom stereocenters. The normalized spacial score (nSPS) is 10.1. The smallest absolute Gasteiger partial charge is 0.255 e. The monoisotopic (exact) mass is 274 g/mol. The number of hydrogen-bond acceptors (Lipinski definition) is 3. The van der Waals surface area contributed by atoms with Crippen LogP contribution in [0.15, 0.2) is 42.5 Å². The predicted molar refractivity (Wildman–Crippen MR) is 76.4 cm³/mol. The first-order valence-corrected chi connectivity index (χ1v) is 6.19. The van der Waals surface area contributed by atoms with Crippen molar-refractivity contribution in [1.82, 2.24) is 0 Å². The van der Waals surface area contributed by atoms with Gasteiger partial charge < -0.3 is 15.8 Å². The molecule has 0 aliphatic rings. The topological polar surface area (TPSA) is 64.3 Å². The maximum atomic E-state index is 13.1. The Labute approximate surface area is 116 Å². The van der Waals surface area contributed by atoms with Gasteiger partial charge >= 0.3 is 0 Å². The summed E-state index contributed by atoms with van der Waals surface area (Å²) >= 11 is 0. The molecular formula is C15H15FN2O2. The molecule has 5 heteroatoms. The van der Waals surface area contributed by atoms with E-state index in [1.807, 2.05) is 6.92 Å². The summed E-state index contributed by atoms with van der Waals surface area (Å²) in [6.45, 7) is 2.41. The number of nitrogens with two attached hydrogens (primary N) is 1. The molecule has 1 amide bonds. The third-order valence-corrected chi connectivity index (χ3v) is 2.67. The SMILES string of the molecule is CCOc1ccc(NC(=O)c2cccc(F)c2)c(N)c1. The summed E-state index contributed by atoms with van der Waals surface area (Å²) in [6, 6.07) is 10.4. The van der Waals surface area contributed by atoms with Gasteiger partial charge in [0.1, 0.15) is 11.6 Å². The minimum Gasteiger partial charge on any atom is -0.494 e. The molecule has 104 valence electrons. The number of hydrogen-bond donors (Lipinski definition) is 2. The fourth-order valence-electron chi connectivity index (χ4n) is 1.74. The summed E-state index contributed by atoms with van der Waals surface area (Å²) in [5, 5.41) is 2.64. The molecule has 3 N–H and O–H groups in total. The Morgan fingerprint density at radius 1 is 1.30 bits per heavy atom. The third-order valence-electron chi connectivity index (χ3n) is 2.67. The Morgan fingerprint density at radius 3 is 2.75 bits per heavy atom. The predicted octanol–water partition coefficient (Wildman–Crippen LogP) is 3.06. The number of carbonyl (C=O) groups excluding carboxylic acids is 1. The largest absolute Gasteiger partial charge is 0.494 e. The molecule has 0 aliphatic heterocycles. The van der Waals surface area contributed by atoms with Crippen LogP contribution in [0.5, 0.6) is 5.75 Å². The van der Waals surface area contributed by atoms with Crippen LogP contribution in [0, 0.1) is 5.82 Å². The number of halogens is 1. The van der Waals surface area contributed by atoms with Gasteiger partial charge in [-0.25, -0.2) is 4.39 Å². The molecule has 0 saturated heterocycles. The maximum Gasteiger partial charge on any atom is 0.255 e. The lowest BCUT2D eigenvalue weighted by atomic mass is 10.2. The van der Waals surface area contributed by atoms with E-state index < -0.39 is 11.7 Å². The molecule has 2 aromatic rings. The van der Waals surface area contributed by atoms with Crippen molar-refractivity contribution in [2.45, 2.75) is 6.92 Å². The summed E-state index contributed by atoms with van der Waals surface area (Å²) in [7, 11) is 0. The first kappa shape index (κ1) is 13.9. The summed E-state index contributed by atoms with van der Waals surface area (Å²) in [5.74, 6) is -0.244. The molecule has 0 saturated carbocycles. The van der Waals surface area contributed by atoms with Crippen molar-refractivity contribution in [2.24, 2.45) is 0 Å². The van der Waals surface area contributed by atoms with Gasteiger partial charge in [0.25, 0.3) is 5.91 Å². The van der Waals surface area contributed by atoms with Gasteiger partial charge in [-0.2, -0.15) is 0 Å². The fraction of sp³-hybridized carbons (Fsp3) is 0.133. The van der Waals surface area contributed by atoms with Crippen molar-refractivity contribution in [1.29, 1.82) is 0 Å². The van der Waals surface area contributed by atoms with Gasteiger partial charge in [0.2, 0.25) is 0 Å². The molecule has 0 aliphatic carbocycles. The van der Waals surface area contributed by atoms with Gasteiger partial charge in [-0.3, -0.25) is 4.79 Å². The number of rotatable bonds is 4. The summed E-state index contributed by atoms with van der Waals surface area (Å²) in [4.78, 5) is 12.0. The molecule has 0 atom stereocenters. The van der Waals surface area contributed by atoms with E-state index in [-0.39, 0.29) is 5.56 Å². The van der Waals surface area contributed by atoms with Crippen molar-refractivity contribution < 1.29 is 13.9 Å². The second-order valence-electron chi connectivity index (χ2n) is 4.15. The van der Waals surface area contributed by atoms with E-state index in [2.05, 4.69) is 5.32 Å². The average molecular weight is 274 g/mol. The van der Waals surface area contributed by atoms with Crippen LogP contribution in [0.2, 0.25) is 0 Å². The van der Waals surface area contributed by atoms with E-state index in [9.17, 15) is 9.18 Å². The minimum absolute atomic E-state index is 0.235. The fourth-order valence-corrected chi connectivity index (χ4v) is 1.74. The third kappa shape index (κ3) is 3.26. The number of benzene rings is 2. The molecule has 0 heterocycles. The minimum atomic E-state index is -0.461. The zero-order chi connectivity index (χ0) is 14.5. The number of ether oxygens (including phenoxy) is 1. The highest BCUT2D eigenvalue weighted by molar-refractivity contribution is 6.05. The number of anilines is 2. The van der Waals surface area contributed by atoms with Crippen LogP contribution in [0.4, 0.5) is 15.8 Å². The number of carbonyl (C=O) groups is 1. The Hall–Kier alpha value is -2.56. The Bertz CT molecular complexity index is 629. The zero-order valence-corrected chi connectivity index (χ0v) is 11.0. The van der Waals surface area contributed by atoms with Gasteiger partial charge in [-0.05, 0) is 37.3 Å². The molecule has 0 bridgehead atoms. The summed E-state index contributed by atoms with van der Waals surface area (Å²) in [5.41, 5.74) is 6.92. The van der Waals surface area contributed by atoms with Gasteiger partial charge in [-0.1, -0.05) is 6.07 Å². The highest BCUT2D eigenvalue weighted by Gasteiger charge is 2.09. The van der Waals surface area contributed by atoms with Crippen LogP contribution in [-0.2, 0) is 0 Å². The van der Waals surface area contributed by atoms with Gasteiger partial charge in [0.15, 0.2) is 0 Å². The Morgan fingerprint density at radius 2 is 2.10 bits per heavy atom. The zero-order valence-electron chi connectivity index (χ0n) is 11.0. The van der Waals surface area contributed by atoms with Crippen molar-refractivity contribution in [2.75, 3.05) is 17.7 Å². The molecule has 2 aromatic carbocycles. The Kier molecular flexibility index (Phi) is 4.20. The highest BCUT2D eigenvalue weighted by Crippen LogP contribution is 2.24. The van der Waals surface area contributed by atoms with Crippen molar-refractivity contribution in [3.63, 3.8) is 0 Å². The van der Waals surface area contributed by atoms with Gasteiger partial charge in [-0.15, -0.1) is 0 Å². The highest BCUT2D eigenvalue weighted by atomic mass is 19.1. The number of amides is 1. The Balaban J connectivity index is 2.15. The molecular weight excluding hydrogens is 259 g/mol. The standard InChI is InChI=1S/C15H15FN2O2/c1-2-20-12-6-7-14(13(17)9-12)18-15(19)10-4-3-5-11(16)8-10/h3-9H,2,17H2,1H3,(H,18,19). The van der Waals surface area contributed by atoms with Crippen molar-refractivity contribution in [3.8, 4) is 5.75 Å². The van der Waals surface area contributed by atoms with E-state index >= 15 is 0 Å². The van der Waals surface area contributed by atoms with Crippen LogP contribution in [0.1, 0.15) is 17.3 Å². The second kappa shape index (κ2) is 6.06. The average Bonchev–Trinajstić information content (AvgIpc) is 2.42. The van der Waals surface area contributed by atoms with E-state index in [0.29, 0.717) is 23.7 Å². The second-order valence-corrected chi connectivity index (χ2v) is 4.15. The van der Waals surface area contributed by atoms with E-state index in [1.54, 1.807) is 18.2 Å². The van der Waals surface area contributed by atoms with Crippen LogP contribution in [0.25, 0.3) is 0 Å². The van der Waals surface area contributed by atoms with Crippen molar-refractivity contribution >= 4 is 17.3 Å². The van der Waals surface area contributed by atoms with Crippen LogP contribution < -0.4 is 15.8 Å². The lowest BCUT2D eigenvalue weighted by Gasteiger charge is -2.10. The maximum absolute atomic E-state index is 13.1. The van der Waals surface area contributed by atoms with Crippen LogP contribution in [-0.4, -0.2) is 12.5 Å². The molecule has 4 nitrogen and oxygen atoms in total. The summed E-state index contributed by atoms with van der Waals surface area (Å²) < 4.78 is 18.4. The lowest BCUT2D eigenvalue weighted by molar-refractivity contribution is 0.102. The summed E-state index contributed by atoms with van der Waals surface area (Å²) in [6.07, 6.45) is 0. The molecule has 0 spiro atoms. The number of nitrogen functional groups attached to an aromatic ring is 1. The van der Waals surface area contributed by atoms with Crippen LogP contribution >= 0.6 is 0 Å². The van der Waals surface area contributed by atoms with Gasteiger partial charge in [0.05, 0.1) is 18.0 Å². The van der Waals surface area contributed by atoms with E-state index in [0.717, 1.165) is 0 Å². The van der Waals surface area contributed by atoms with E-state index in [4.69, 9.17) is 10.5 Å². The number of nitrogens with one attached hydrogen (secondary N) is 1. The van der Waals surface area contributed by atoms with Gasteiger partial charge in [0, 0.05) is 11.6 Å². The molecule has 0 aromatic heterocycles. The molecule has 2 rings (SSSR count). The van der Waals surface area contributed by atoms with Crippen molar-refractivity contribution in [3.05, 3.63) is 53.8 Å². The molecule has 0 fully saturated rings.